The number of hydrogen-bond acceptors (Lipinski definition) is 9. The Bertz CT molecular complexity index is 458. The smallest absolute Gasteiger partial charge is 0.325 e. The molecule has 0 aliphatic heterocycles. The van der Waals surface area contributed by atoms with Gasteiger partial charge in [-0.05, 0) is 27.2 Å². The molecular formula is C16H30N2O6S. The summed E-state index contributed by atoms with van der Waals surface area (Å²) in [5.41, 5.74) is 9.10. The molecule has 0 rings (SSSR count). The van der Waals surface area contributed by atoms with Crippen LogP contribution in [0.4, 0.5) is 0 Å². The number of rotatable bonds is 12. The molecule has 0 aliphatic carbocycles. The van der Waals surface area contributed by atoms with Crippen LogP contribution in [-0.2, 0) is 28.6 Å². The number of methoxy groups -OCH3 is 1. The predicted octanol–water partition coefficient (Wildman–Crippen LogP) is 0.462. The van der Waals surface area contributed by atoms with Crippen LogP contribution in [0.3, 0.4) is 0 Å². The average molecular weight is 378 g/mol. The Morgan fingerprint density at radius 3 is 2.28 bits per heavy atom. The van der Waals surface area contributed by atoms with Gasteiger partial charge in [-0.3, -0.25) is 14.4 Å². The lowest BCUT2D eigenvalue weighted by Gasteiger charge is -2.34. The van der Waals surface area contributed by atoms with E-state index in [-0.39, 0.29) is 38.6 Å². The van der Waals surface area contributed by atoms with Gasteiger partial charge in [0.2, 0.25) is 0 Å². The van der Waals surface area contributed by atoms with Crippen molar-refractivity contribution in [3.63, 3.8) is 0 Å². The maximum absolute atomic E-state index is 12.5. The summed E-state index contributed by atoms with van der Waals surface area (Å²) in [6, 6.07) is 0. The molecule has 0 aromatic heterocycles. The molecule has 8 nitrogen and oxygen atoms in total. The van der Waals surface area contributed by atoms with Crippen LogP contribution in [0, 0.1) is 5.41 Å². The molecule has 0 radical (unpaired) electrons. The van der Waals surface area contributed by atoms with Crippen LogP contribution in [0.1, 0.15) is 33.6 Å². The minimum Gasteiger partial charge on any atom is -0.469 e. The van der Waals surface area contributed by atoms with Gasteiger partial charge in [0.05, 0.1) is 25.6 Å². The van der Waals surface area contributed by atoms with Crippen molar-refractivity contribution in [2.24, 2.45) is 16.9 Å². The summed E-state index contributed by atoms with van der Waals surface area (Å²) in [7, 11) is 1.32. The van der Waals surface area contributed by atoms with Crippen molar-refractivity contribution < 1.29 is 28.6 Å². The lowest BCUT2D eigenvalue weighted by Crippen LogP contribution is -2.52. The van der Waals surface area contributed by atoms with Crippen LogP contribution in [0.15, 0.2) is 0 Å². The third-order valence-electron chi connectivity index (χ3n) is 3.44. The molecule has 0 fully saturated rings. The summed E-state index contributed by atoms with van der Waals surface area (Å²) >= 11 is 1.39. The fourth-order valence-electron chi connectivity index (χ4n) is 2.24. The van der Waals surface area contributed by atoms with Crippen LogP contribution in [0.2, 0.25) is 0 Å². The molecule has 0 aromatic rings. The van der Waals surface area contributed by atoms with E-state index < -0.39 is 22.9 Å². The van der Waals surface area contributed by atoms with Gasteiger partial charge in [0.15, 0.2) is 0 Å². The Morgan fingerprint density at radius 2 is 1.76 bits per heavy atom. The molecule has 2 unspecified atom stereocenters. The number of carbonyl (C=O) groups is 3. The van der Waals surface area contributed by atoms with Gasteiger partial charge in [-0.15, -0.1) is 0 Å². The van der Waals surface area contributed by atoms with Gasteiger partial charge in [0, 0.05) is 18.1 Å². The van der Waals surface area contributed by atoms with Gasteiger partial charge in [-0.25, -0.2) is 0 Å². The van der Waals surface area contributed by atoms with Crippen molar-refractivity contribution in [2.45, 2.75) is 39.2 Å². The summed E-state index contributed by atoms with van der Waals surface area (Å²) in [6.07, 6.45) is 0.278. The van der Waals surface area contributed by atoms with Crippen molar-refractivity contribution in [3.8, 4) is 0 Å². The van der Waals surface area contributed by atoms with E-state index in [9.17, 15) is 14.4 Å². The van der Waals surface area contributed by atoms with Crippen molar-refractivity contribution in [1.82, 2.24) is 0 Å². The summed E-state index contributed by atoms with van der Waals surface area (Å²) < 4.78 is 14.7. The minimum absolute atomic E-state index is 0.0491. The van der Waals surface area contributed by atoms with Crippen molar-refractivity contribution in [3.05, 3.63) is 0 Å². The second-order valence-corrected chi connectivity index (χ2v) is 7.28. The van der Waals surface area contributed by atoms with E-state index in [1.165, 1.54) is 25.8 Å². The number of ether oxygens (including phenoxy) is 3. The van der Waals surface area contributed by atoms with Crippen LogP contribution < -0.4 is 11.5 Å². The van der Waals surface area contributed by atoms with Crippen molar-refractivity contribution >= 4 is 29.7 Å². The van der Waals surface area contributed by atoms with E-state index in [1.54, 1.807) is 13.8 Å². The molecular weight excluding hydrogens is 348 g/mol. The quantitative estimate of drug-likeness (QED) is 0.282. The van der Waals surface area contributed by atoms with E-state index in [1.807, 2.05) is 0 Å². The van der Waals surface area contributed by atoms with Gasteiger partial charge in [0.25, 0.3) is 0 Å². The van der Waals surface area contributed by atoms with E-state index in [0.29, 0.717) is 11.5 Å². The maximum Gasteiger partial charge on any atom is 0.325 e. The summed E-state index contributed by atoms with van der Waals surface area (Å²) in [6.45, 7) is 5.39. The highest BCUT2D eigenvalue weighted by atomic mass is 32.2. The third kappa shape index (κ3) is 8.55. The zero-order valence-corrected chi connectivity index (χ0v) is 16.3. The Morgan fingerprint density at radius 1 is 1.12 bits per heavy atom. The zero-order chi connectivity index (χ0) is 19.5. The summed E-state index contributed by atoms with van der Waals surface area (Å²) in [5.74, 6) is -0.570. The van der Waals surface area contributed by atoms with Crippen LogP contribution in [0.5, 0.6) is 0 Å². The maximum atomic E-state index is 12.5. The molecule has 0 heterocycles. The number of hydrogen-bond donors (Lipinski definition) is 2. The Kier molecular flexibility index (Phi) is 10.7. The molecule has 0 amide bonds. The first-order chi connectivity index (χ1) is 11.6. The van der Waals surface area contributed by atoms with Gasteiger partial charge in [-0.1, -0.05) is 0 Å². The molecule has 0 spiro atoms. The third-order valence-corrected chi connectivity index (χ3v) is 4.78. The number of esters is 3. The second-order valence-electron chi connectivity index (χ2n) is 6.18. The highest BCUT2D eigenvalue weighted by molar-refractivity contribution is 7.99. The molecule has 0 saturated heterocycles. The topological polar surface area (TPSA) is 131 Å². The number of nitrogens with two attached hydrogens (primary N) is 2. The second kappa shape index (κ2) is 11.3. The molecule has 0 aromatic carbocycles. The number of carbonyl (C=O) groups excluding carboxylic acids is 3. The first-order valence-electron chi connectivity index (χ1n) is 8.11. The zero-order valence-electron chi connectivity index (χ0n) is 15.5. The largest absolute Gasteiger partial charge is 0.469 e. The highest BCUT2D eigenvalue weighted by Crippen LogP contribution is 2.33. The molecule has 9 heteroatoms. The van der Waals surface area contributed by atoms with E-state index in [0.717, 1.165) is 0 Å². The van der Waals surface area contributed by atoms with Gasteiger partial charge < -0.3 is 25.7 Å². The molecule has 0 bridgehead atoms. The highest BCUT2D eigenvalue weighted by Gasteiger charge is 2.44. The van der Waals surface area contributed by atoms with E-state index in [4.69, 9.17) is 20.9 Å². The SMILES string of the molecule is CCOC(=O)C(C)(N)CC(C)(CSCCC(=O)OC)C(=O)OCCN. The Labute approximate surface area is 153 Å². The van der Waals surface area contributed by atoms with Crippen molar-refractivity contribution in [1.29, 1.82) is 0 Å². The molecule has 25 heavy (non-hydrogen) atoms. The molecule has 4 N–H and O–H groups in total. The first-order valence-corrected chi connectivity index (χ1v) is 9.26. The van der Waals surface area contributed by atoms with Crippen LogP contribution in [-0.4, -0.2) is 61.8 Å². The molecule has 0 aliphatic rings. The summed E-state index contributed by atoms with van der Waals surface area (Å²) in [5, 5.41) is 0. The lowest BCUT2D eigenvalue weighted by molar-refractivity contribution is -0.157. The lowest BCUT2D eigenvalue weighted by atomic mass is 9.79. The van der Waals surface area contributed by atoms with Gasteiger partial charge >= 0.3 is 17.9 Å². The molecule has 2 atom stereocenters. The minimum atomic E-state index is -1.34. The number of thioether (sulfide) groups is 1. The van der Waals surface area contributed by atoms with E-state index in [2.05, 4.69) is 4.74 Å². The first kappa shape index (κ1) is 23.7. The average Bonchev–Trinajstić information content (AvgIpc) is 2.55. The monoisotopic (exact) mass is 378 g/mol. The Balaban J connectivity index is 5.02. The normalized spacial score (nSPS) is 15.6. The van der Waals surface area contributed by atoms with Gasteiger partial charge in [0.1, 0.15) is 12.1 Å². The fourth-order valence-corrected chi connectivity index (χ4v) is 3.37. The standard InChI is InChI=1S/C16H30N2O6S/c1-5-23-14(21)16(3,18)10-15(2,13(20)24-8-7-17)11-25-9-6-12(19)22-4/h5-11,17-18H2,1-4H3. The van der Waals surface area contributed by atoms with Gasteiger partial charge in [-0.2, -0.15) is 11.8 Å². The Hall–Kier alpha value is -1.32. The van der Waals surface area contributed by atoms with E-state index >= 15 is 0 Å². The summed E-state index contributed by atoms with van der Waals surface area (Å²) in [4.78, 5) is 35.7. The van der Waals surface area contributed by atoms with Crippen molar-refractivity contribution in [2.75, 3.05) is 38.4 Å². The molecule has 146 valence electrons. The van der Waals surface area contributed by atoms with Crippen LogP contribution >= 0.6 is 11.8 Å². The molecule has 0 saturated carbocycles. The van der Waals surface area contributed by atoms with Crippen LogP contribution in [0.25, 0.3) is 0 Å². The predicted molar refractivity (Wildman–Crippen MR) is 95.9 cm³/mol. The fraction of sp³-hybridized carbons (Fsp3) is 0.812.